The van der Waals surface area contributed by atoms with Gasteiger partial charge in [0.05, 0.1) is 6.54 Å². The first kappa shape index (κ1) is 12.7. The van der Waals surface area contributed by atoms with Crippen molar-refractivity contribution in [2.75, 3.05) is 13.1 Å². The number of carboxylic acids is 1. The molecule has 2 aliphatic heterocycles. The van der Waals surface area contributed by atoms with Crippen molar-refractivity contribution in [3.05, 3.63) is 23.7 Å². The fourth-order valence-corrected chi connectivity index (χ4v) is 3.24. The molecule has 1 aromatic rings. The van der Waals surface area contributed by atoms with E-state index >= 15 is 0 Å². The molecule has 5 nitrogen and oxygen atoms in total. The second-order valence-electron chi connectivity index (χ2n) is 5.51. The van der Waals surface area contributed by atoms with Crippen LogP contribution in [0.3, 0.4) is 0 Å². The first-order valence-corrected chi connectivity index (χ1v) is 7.02. The molecule has 5 heteroatoms. The Morgan fingerprint density at radius 3 is 3.11 bits per heavy atom. The maximum Gasteiger partial charge on any atom is 0.371 e. The third-order valence-electron chi connectivity index (χ3n) is 4.26. The van der Waals surface area contributed by atoms with Gasteiger partial charge in [-0.2, -0.15) is 0 Å². The highest BCUT2D eigenvalue weighted by Gasteiger charge is 2.31. The second kappa shape index (κ2) is 5.35. The minimum absolute atomic E-state index is 0.0161. The number of furan rings is 1. The maximum absolute atomic E-state index is 10.7. The Bertz CT molecular complexity index is 457. The minimum atomic E-state index is -1.01. The summed E-state index contributed by atoms with van der Waals surface area (Å²) in [5.74, 6) is -0.292. The number of carboxylic acid groups (broad SMARTS) is 1. The molecule has 0 spiro atoms. The Kier molecular flexibility index (Phi) is 3.57. The van der Waals surface area contributed by atoms with Crippen LogP contribution in [0.5, 0.6) is 0 Å². The van der Waals surface area contributed by atoms with Crippen LogP contribution in [0.1, 0.15) is 42.0 Å². The monoisotopic (exact) mass is 264 g/mol. The standard InChI is InChI=1S/C14H20N2O3/c17-14(18)13-4-3-12(19-13)9-15-10-5-7-16-6-1-2-11(16)8-10/h3-4,10-11,15H,1-2,5-9H2,(H,17,18). The molecule has 104 valence electrons. The Hall–Kier alpha value is -1.33. The van der Waals surface area contributed by atoms with Crippen LogP contribution in [0.25, 0.3) is 0 Å². The topological polar surface area (TPSA) is 65.7 Å². The summed E-state index contributed by atoms with van der Waals surface area (Å²) in [4.78, 5) is 13.3. The SMILES string of the molecule is O=C(O)c1ccc(CNC2CCN3CCCC3C2)o1. The van der Waals surface area contributed by atoms with E-state index in [0.717, 1.165) is 6.04 Å². The van der Waals surface area contributed by atoms with Gasteiger partial charge in [0, 0.05) is 12.1 Å². The lowest BCUT2D eigenvalue weighted by Crippen LogP contribution is -2.45. The summed E-state index contributed by atoms with van der Waals surface area (Å²) in [6.45, 7) is 3.06. The van der Waals surface area contributed by atoms with Crippen LogP contribution in [-0.4, -0.2) is 41.1 Å². The van der Waals surface area contributed by atoms with Crippen LogP contribution in [0, 0.1) is 0 Å². The van der Waals surface area contributed by atoms with Crippen molar-refractivity contribution >= 4 is 5.97 Å². The molecule has 0 amide bonds. The van der Waals surface area contributed by atoms with Crippen molar-refractivity contribution in [1.29, 1.82) is 0 Å². The van der Waals surface area contributed by atoms with E-state index in [-0.39, 0.29) is 5.76 Å². The number of aromatic carboxylic acids is 1. The molecule has 0 bridgehead atoms. The molecule has 0 saturated carbocycles. The highest BCUT2D eigenvalue weighted by Crippen LogP contribution is 2.27. The molecule has 2 atom stereocenters. The molecule has 0 radical (unpaired) electrons. The first-order valence-electron chi connectivity index (χ1n) is 7.02. The molecule has 2 aliphatic rings. The summed E-state index contributed by atoms with van der Waals surface area (Å²) in [6.07, 6.45) is 5.02. The number of piperidine rings is 1. The van der Waals surface area contributed by atoms with Gasteiger partial charge in [0.25, 0.3) is 0 Å². The molecular formula is C14H20N2O3. The van der Waals surface area contributed by atoms with Gasteiger partial charge >= 0.3 is 5.97 Å². The Labute approximate surface area is 112 Å². The van der Waals surface area contributed by atoms with Gasteiger partial charge in [-0.3, -0.25) is 0 Å². The number of hydrogen-bond donors (Lipinski definition) is 2. The Morgan fingerprint density at radius 1 is 1.42 bits per heavy atom. The fraction of sp³-hybridized carbons (Fsp3) is 0.643. The average Bonchev–Trinajstić information content (AvgIpc) is 3.04. The number of hydrogen-bond acceptors (Lipinski definition) is 4. The largest absolute Gasteiger partial charge is 0.475 e. The van der Waals surface area contributed by atoms with Crippen LogP contribution in [-0.2, 0) is 6.54 Å². The molecule has 2 saturated heterocycles. The molecule has 2 N–H and O–H groups in total. The average molecular weight is 264 g/mol. The number of nitrogens with zero attached hydrogens (tertiary/aromatic N) is 1. The van der Waals surface area contributed by atoms with Crippen molar-refractivity contribution in [2.45, 2.75) is 44.3 Å². The van der Waals surface area contributed by atoms with Gasteiger partial charge in [-0.15, -0.1) is 0 Å². The lowest BCUT2D eigenvalue weighted by molar-refractivity contribution is 0.0660. The summed E-state index contributed by atoms with van der Waals surface area (Å²) >= 11 is 0. The number of carbonyl (C=O) groups is 1. The number of nitrogens with one attached hydrogen (secondary N) is 1. The van der Waals surface area contributed by atoms with E-state index in [1.54, 1.807) is 6.07 Å². The molecule has 2 unspecified atom stereocenters. The molecule has 19 heavy (non-hydrogen) atoms. The van der Waals surface area contributed by atoms with Gasteiger partial charge in [-0.25, -0.2) is 4.79 Å². The maximum atomic E-state index is 10.7. The normalized spacial score (nSPS) is 27.4. The smallest absolute Gasteiger partial charge is 0.371 e. The summed E-state index contributed by atoms with van der Waals surface area (Å²) in [5, 5.41) is 12.3. The molecule has 0 aliphatic carbocycles. The molecule has 3 heterocycles. The van der Waals surface area contributed by atoms with Gasteiger partial charge in [-0.05, 0) is 50.9 Å². The molecule has 0 aromatic carbocycles. The third-order valence-corrected chi connectivity index (χ3v) is 4.26. The van der Waals surface area contributed by atoms with E-state index in [9.17, 15) is 4.79 Å². The van der Waals surface area contributed by atoms with E-state index < -0.39 is 5.97 Å². The zero-order chi connectivity index (χ0) is 13.2. The summed E-state index contributed by atoms with van der Waals surface area (Å²) in [5.41, 5.74) is 0. The predicted molar refractivity (Wildman–Crippen MR) is 70.1 cm³/mol. The fourth-order valence-electron chi connectivity index (χ4n) is 3.24. The van der Waals surface area contributed by atoms with Gasteiger partial charge in [0.2, 0.25) is 5.76 Å². The molecular weight excluding hydrogens is 244 g/mol. The molecule has 2 fully saturated rings. The quantitative estimate of drug-likeness (QED) is 0.866. The van der Waals surface area contributed by atoms with Gasteiger partial charge in [0.15, 0.2) is 0 Å². The first-order chi connectivity index (χ1) is 9.22. The molecule has 1 aromatic heterocycles. The highest BCUT2D eigenvalue weighted by atomic mass is 16.4. The van der Waals surface area contributed by atoms with E-state index in [2.05, 4.69) is 10.2 Å². The van der Waals surface area contributed by atoms with Crippen molar-refractivity contribution in [3.63, 3.8) is 0 Å². The zero-order valence-electron chi connectivity index (χ0n) is 11.0. The van der Waals surface area contributed by atoms with Crippen LogP contribution in [0.4, 0.5) is 0 Å². The van der Waals surface area contributed by atoms with E-state index in [1.807, 2.05) is 0 Å². The predicted octanol–water partition coefficient (Wildman–Crippen LogP) is 1.69. The summed E-state index contributed by atoms with van der Waals surface area (Å²) in [6, 6.07) is 4.52. The molecule has 3 rings (SSSR count). The number of rotatable bonds is 4. The van der Waals surface area contributed by atoms with Crippen molar-refractivity contribution < 1.29 is 14.3 Å². The second-order valence-corrected chi connectivity index (χ2v) is 5.51. The van der Waals surface area contributed by atoms with E-state index in [0.29, 0.717) is 18.3 Å². The van der Waals surface area contributed by atoms with Gasteiger partial charge < -0.3 is 19.7 Å². The zero-order valence-corrected chi connectivity index (χ0v) is 11.0. The van der Waals surface area contributed by atoms with Crippen LogP contribution in [0.2, 0.25) is 0 Å². The van der Waals surface area contributed by atoms with Gasteiger partial charge in [-0.1, -0.05) is 0 Å². The van der Waals surface area contributed by atoms with E-state index in [4.69, 9.17) is 9.52 Å². The van der Waals surface area contributed by atoms with Crippen molar-refractivity contribution in [3.8, 4) is 0 Å². The number of fused-ring (bicyclic) bond motifs is 1. The van der Waals surface area contributed by atoms with E-state index in [1.165, 1.54) is 44.8 Å². The van der Waals surface area contributed by atoms with Crippen molar-refractivity contribution in [2.24, 2.45) is 0 Å². The Morgan fingerprint density at radius 2 is 2.32 bits per heavy atom. The summed E-state index contributed by atoms with van der Waals surface area (Å²) in [7, 11) is 0. The Balaban J connectivity index is 1.50. The van der Waals surface area contributed by atoms with Crippen LogP contribution in [0.15, 0.2) is 16.5 Å². The third kappa shape index (κ3) is 2.82. The van der Waals surface area contributed by atoms with Crippen LogP contribution >= 0.6 is 0 Å². The van der Waals surface area contributed by atoms with Crippen LogP contribution < -0.4 is 5.32 Å². The summed E-state index contributed by atoms with van der Waals surface area (Å²) < 4.78 is 5.25. The lowest BCUT2D eigenvalue weighted by Gasteiger charge is -2.35. The highest BCUT2D eigenvalue weighted by molar-refractivity contribution is 5.84. The lowest BCUT2D eigenvalue weighted by atomic mass is 9.97. The van der Waals surface area contributed by atoms with Gasteiger partial charge in [0.1, 0.15) is 5.76 Å². The minimum Gasteiger partial charge on any atom is -0.475 e. The van der Waals surface area contributed by atoms with Crippen molar-refractivity contribution in [1.82, 2.24) is 10.2 Å².